The first-order chi connectivity index (χ1) is 12.7. The molecule has 10 heteroatoms. The first-order valence-corrected chi connectivity index (χ1v) is 8.47. The predicted molar refractivity (Wildman–Crippen MR) is 93.9 cm³/mol. The van der Waals surface area contributed by atoms with E-state index in [-0.39, 0.29) is 22.8 Å². The van der Waals surface area contributed by atoms with Crippen molar-refractivity contribution in [2.75, 3.05) is 34.5 Å². The summed E-state index contributed by atoms with van der Waals surface area (Å²) in [5.74, 6) is -0.926. The van der Waals surface area contributed by atoms with Crippen molar-refractivity contribution in [1.82, 2.24) is 5.06 Å². The molecule has 150 valence electrons. The molecule has 0 N–H and O–H groups in total. The Morgan fingerprint density at radius 2 is 1.96 bits per heavy atom. The van der Waals surface area contributed by atoms with E-state index in [1.54, 1.807) is 0 Å². The number of carbonyl (C=O) groups is 1. The molecule has 6 nitrogen and oxygen atoms in total. The summed E-state index contributed by atoms with van der Waals surface area (Å²) in [6, 6.07) is 1.71. The number of alkyl halides is 3. The average molecular weight is 407 g/mol. The number of hydrogen-bond acceptors (Lipinski definition) is 7. The monoisotopic (exact) mass is 407 g/mol. The summed E-state index contributed by atoms with van der Waals surface area (Å²) in [4.78, 5) is 17.4. The highest BCUT2D eigenvalue weighted by atomic mass is 32.1. The van der Waals surface area contributed by atoms with Crippen LogP contribution < -0.4 is 9.47 Å². The molecule has 1 fully saturated rings. The smallest absolute Gasteiger partial charge is 0.420 e. The molecule has 0 spiro atoms. The van der Waals surface area contributed by atoms with Gasteiger partial charge in [-0.2, -0.15) is 18.2 Å². The third-order valence-corrected chi connectivity index (χ3v) is 4.50. The lowest BCUT2D eigenvalue weighted by molar-refractivity contribution is -0.180. The number of ether oxygens (including phenoxy) is 3. The Morgan fingerprint density at radius 1 is 1.26 bits per heavy atom. The van der Waals surface area contributed by atoms with Gasteiger partial charge < -0.3 is 14.2 Å². The van der Waals surface area contributed by atoms with Crippen molar-refractivity contribution in [2.45, 2.75) is 25.1 Å². The van der Waals surface area contributed by atoms with Gasteiger partial charge in [0.15, 0.2) is 11.5 Å². The molecule has 0 aliphatic carbocycles. The Hall–Kier alpha value is -1.91. The zero-order chi connectivity index (χ0) is 20.2. The molecule has 27 heavy (non-hydrogen) atoms. The summed E-state index contributed by atoms with van der Waals surface area (Å²) in [5.41, 5.74) is -0.862. The van der Waals surface area contributed by atoms with Crippen LogP contribution in [-0.4, -0.2) is 56.4 Å². The summed E-state index contributed by atoms with van der Waals surface area (Å²) in [5, 5.41) is 1.45. The topological polar surface area (TPSA) is 57.2 Å². The van der Waals surface area contributed by atoms with Crippen LogP contribution in [0.15, 0.2) is 12.1 Å². The number of benzene rings is 1. The predicted octanol–water partition coefficient (Wildman–Crippen LogP) is 3.01. The maximum atomic E-state index is 13.3. The minimum absolute atomic E-state index is 0.0849. The highest BCUT2D eigenvalue weighted by molar-refractivity contribution is 7.80. The first-order valence-electron chi connectivity index (χ1n) is 8.06. The van der Waals surface area contributed by atoms with E-state index in [1.165, 1.54) is 25.3 Å². The summed E-state index contributed by atoms with van der Waals surface area (Å²) >= 11 is 5.23. The van der Waals surface area contributed by atoms with Gasteiger partial charge in [0.2, 0.25) is 0 Å². The summed E-state index contributed by atoms with van der Waals surface area (Å²) < 4.78 is 54.6. The van der Waals surface area contributed by atoms with Crippen molar-refractivity contribution in [3.05, 3.63) is 23.3 Å². The Balaban J connectivity index is 2.20. The molecule has 1 aromatic carbocycles. The van der Waals surface area contributed by atoms with E-state index in [9.17, 15) is 18.0 Å². The molecule has 1 aliphatic heterocycles. The maximum absolute atomic E-state index is 13.3. The summed E-state index contributed by atoms with van der Waals surface area (Å²) in [7, 11) is 3.66. The lowest BCUT2D eigenvalue weighted by Gasteiger charge is -2.22. The van der Waals surface area contributed by atoms with Crippen molar-refractivity contribution >= 4 is 23.1 Å². The van der Waals surface area contributed by atoms with E-state index in [1.807, 2.05) is 0 Å². The van der Waals surface area contributed by atoms with Crippen molar-refractivity contribution < 1.29 is 37.0 Å². The van der Waals surface area contributed by atoms with Crippen LogP contribution in [0.4, 0.5) is 13.2 Å². The number of hydrogen-bond donors (Lipinski definition) is 0. The first kappa shape index (κ1) is 21.4. The minimum Gasteiger partial charge on any atom is -0.493 e. The lowest BCUT2D eigenvalue weighted by atomic mass is 10.1. The van der Waals surface area contributed by atoms with Crippen LogP contribution in [0, 0.1) is 0 Å². The number of halogens is 3. The fraction of sp³-hybridized carbons (Fsp3) is 0.529. The van der Waals surface area contributed by atoms with E-state index in [4.69, 9.17) is 31.3 Å². The van der Waals surface area contributed by atoms with E-state index in [0.717, 1.165) is 19.6 Å². The van der Waals surface area contributed by atoms with E-state index in [2.05, 4.69) is 0 Å². The molecule has 0 radical (unpaired) electrons. The van der Waals surface area contributed by atoms with Gasteiger partial charge in [-0.05, 0) is 30.5 Å². The molecule has 0 bridgehead atoms. The molecule has 2 rings (SSSR count). The standard InChI is InChI=1S/C17H20F3NO5S/c1-23-13-8-10(7-11(15(13)24-2)17(18,19)20)14(27)9-26-21-6-4-5-12(21)16(22)25-3/h7-8,12H,4-6,9H2,1-3H3. The summed E-state index contributed by atoms with van der Waals surface area (Å²) in [6.07, 6.45) is -3.33. The van der Waals surface area contributed by atoms with Crippen LogP contribution in [0.2, 0.25) is 0 Å². The van der Waals surface area contributed by atoms with Crippen LogP contribution in [0.1, 0.15) is 24.0 Å². The second-order valence-corrected chi connectivity index (χ2v) is 6.27. The van der Waals surface area contributed by atoms with Crippen LogP contribution in [-0.2, 0) is 20.5 Å². The fourth-order valence-corrected chi connectivity index (χ4v) is 3.00. The number of methoxy groups -OCH3 is 3. The summed E-state index contributed by atoms with van der Waals surface area (Å²) in [6.45, 7) is 0.345. The van der Waals surface area contributed by atoms with Gasteiger partial charge in [0.05, 0.1) is 26.2 Å². The molecule has 0 aromatic heterocycles. The van der Waals surface area contributed by atoms with Crippen molar-refractivity contribution in [1.29, 1.82) is 0 Å². The highest BCUT2D eigenvalue weighted by Crippen LogP contribution is 2.42. The third kappa shape index (κ3) is 4.88. The fourth-order valence-electron chi connectivity index (χ4n) is 2.83. The van der Waals surface area contributed by atoms with Gasteiger partial charge in [-0.25, -0.2) is 0 Å². The zero-order valence-corrected chi connectivity index (χ0v) is 15.9. The number of hydroxylamine groups is 2. The zero-order valence-electron chi connectivity index (χ0n) is 15.1. The molecule has 0 saturated carbocycles. The van der Waals surface area contributed by atoms with Crippen LogP contribution in [0.25, 0.3) is 0 Å². The van der Waals surface area contributed by atoms with Gasteiger partial charge in [-0.3, -0.25) is 9.63 Å². The van der Waals surface area contributed by atoms with E-state index < -0.39 is 29.5 Å². The Morgan fingerprint density at radius 3 is 2.52 bits per heavy atom. The molecular weight excluding hydrogens is 387 g/mol. The molecular formula is C17H20F3NO5S. The van der Waals surface area contributed by atoms with Crippen LogP contribution in [0.3, 0.4) is 0 Å². The van der Waals surface area contributed by atoms with Crippen LogP contribution in [0.5, 0.6) is 11.5 Å². The Bertz CT molecular complexity index is 711. The number of carbonyl (C=O) groups excluding carboxylic acids is 1. The quantitative estimate of drug-likeness (QED) is 0.391. The number of rotatable bonds is 7. The third-order valence-electron chi connectivity index (χ3n) is 4.14. The molecule has 1 unspecified atom stereocenters. The Kier molecular flexibility index (Phi) is 7.01. The SMILES string of the molecule is COC(=O)C1CCCN1OCC(=S)c1cc(OC)c(OC)c(C(F)(F)F)c1. The van der Waals surface area contributed by atoms with Gasteiger partial charge in [0, 0.05) is 6.54 Å². The molecule has 1 atom stereocenters. The molecule has 1 aliphatic rings. The van der Waals surface area contributed by atoms with Crippen LogP contribution >= 0.6 is 12.2 Å². The molecule has 1 heterocycles. The minimum atomic E-state index is -4.64. The number of nitrogens with zero attached hydrogens (tertiary/aromatic N) is 1. The largest absolute Gasteiger partial charge is 0.493 e. The van der Waals surface area contributed by atoms with E-state index >= 15 is 0 Å². The van der Waals surface area contributed by atoms with E-state index in [0.29, 0.717) is 13.0 Å². The lowest BCUT2D eigenvalue weighted by Crippen LogP contribution is -2.38. The van der Waals surface area contributed by atoms with Crippen molar-refractivity contribution in [3.63, 3.8) is 0 Å². The van der Waals surface area contributed by atoms with Gasteiger partial charge in [0.25, 0.3) is 0 Å². The van der Waals surface area contributed by atoms with Crippen molar-refractivity contribution in [2.24, 2.45) is 0 Å². The Labute approximate surface area is 160 Å². The average Bonchev–Trinajstić information content (AvgIpc) is 3.11. The normalized spacial score (nSPS) is 17.6. The van der Waals surface area contributed by atoms with Gasteiger partial charge >= 0.3 is 12.1 Å². The highest BCUT2D eigenvalue weighted by Gasteiger charge is 2.37. The maximum Gasteiger partial charge on any atom is 0.420 e. The number of thiocarbonyl (C=S) groups is 1. The second kappa shape index (κ2) is 8.85. The molecule has 1 aromatic rings. The van der Waals surface area contributed by atoms with Crippen molar-refractivity contribution in [3.8, 4) is 11.5 Å². The second-order valence-electron chi connectivity index (χ2n) is 5.78. The molecule has 1 saturated heterocycles. The number of esters is 1. The molecule has 0 amide bonds. The van der Waals surface area contributed by atoms with Gasteiger partial charge in [-0.15, -0.1) is 0 Å². The van der Waals surface area contributed by atoms with Gasteiger partial charge in [-0.1, -0.05) is 12.2 Å². The van der Waals surface area contributed by atoms with Gasteiger partial charge in [0.1, 0.15) is 18.2 Å².